The molecule has 0 unspecified atom stereocenters. The standard InChI is InChI=1S/C18H22FNO/c1-12(20)13-8-7-10-15(19)17(13)21-16-11-6-5-9-14(16)18(2,3)4/h5-12H,20H2,1-4H3/t12-/m1/s1. The molecule has 2 rings (SSSR count). The Labute approximate surface area is 125 Å². The Bertz CT molecular complexity index is 629. The molecule has 3 heteroatoms. The van der Waals surface area contributed by atoms with Crippen LogP contribution < -0.4 is 10.5 Å². The van der Waals surface area contributed by atoms with Crippen LogP contribution in [-0.4, -0.2) is 0 Å². The van der Waals surface area contributed by atoms with Gasteiger partial charge in [-0.3, -0.25) is 0 Å². The van der Waals surface area contributed by atoms with E-state index in [0.29, 0.717) is 11.3 Å². The summed E-state index contributed by atoms with van der Waals surface area (Å²) in [7, 11) is 0. The first-order chi connectivity index (χ1) is 9.80. The minimum Gasteiger partial charge on any atom is -0.454 e. The van der Waals surface area contributed by atoms with Crippen LogP contribution in [0.25, 0.3) is 0 Å². The Morgan fingerprint density at radius 3 is 2.33 bits per heavy atom. The quantitative estimate of drug-likeness (QED) is 0.868. The van der Waals surface area contributed by atoms with E-state index < -0.39 is 5.82 Å². The van der Waals surface area contributed by atoms with Crippen molar-refractivity contribution in [3.63, 3.8) is 0 Å². The maximum absolute atomic E-state index is 14.1. The molecule has 0 saturated carbocycles. The molecule has 2 aromatic carbocycles. The molecular weight excluding hydrogens is 265 g/mol. The SMILES string of the molecule is C[C@@H](N)c1cccc(F)c1Oc1ccccc1C(C)(C)C. The van der Waals surface area contributed by atoms with E-state index in [0.717, 1.165) is 5.56 Å². The molecule has 2 aromatic rings. The Morgan fingerprint density at radius 1 is 1.05 bits per heavy atom. The zero-order valence-corrected chi connectivity index (χ0v) is 13.0. The number of ether oxygens (including phenoxy) is 1. The normalized spacial score (nSPS) is 13.0. The average Bonchev–Trinajstić information content (AvgIpc) is 2.40. The van der Waals surface area contributed by atoms with Crippen LogP contribution in [0.2, 0.25) is 0 Å². The summed E-state index contributed by atoms with van der Waals surface area (Å²) in [6, 6.07) is 12.2. The zero-order valence-electron chi connectivity index (χ0n) is 13.0. The topological polar surface area (TPSA) is 35.2 Å². The second-order valence-corrected chi connectivity index (χ2v) is 6.30. The van der Waals surface area contributed by atoms with E-state index in [-0.39, 0.29) is 17.2 Å². The molecule has 1 atom stereocenters. The van der Waals surface area contributed by atoms with E-state index in [2.05, 4.69) is 20.8 Å². The van der Waals surface area contributed by atoms with Gasteiger partial charge < -0.3 is 10.5 Å². The van der Waals surface area contributed by atoms with Crippen molar-refractivity contribution >= 4 is 0 Å². The van der Waals surface area contributed by atoms with Gasteiger partial charge >= 0.3 is 0 Å². The van der Waals surface area contributed by atoms with Gasteiger partial charge in [-0.05, 0) is 24.5 Å². The molecule has 21 heavy (non-hydrogen) atoms. The fourth-order valence-corrected chi connectivity index (χ4v) is 2.28. The average molecular weight is 287 g/mol. The fraction of sp³-hybridized carbons (Fsp3) is 0.333. The summed E-state index contributed by atoms with van der Waals surface area (Å²) >= 11 is 0. The van der Waals surface area contributed by atoms with E-state index >= 15 is 0 Å². The highest BCUT2D eigenvalue weighted by Gasteiger charge is 2.21. The molecule has 0 amide bonds. The minimum absolute atomic E-state index is 0.0870. The van der Waals surface area contributed by atoms with Crippen molar-refractivity contribution in [2.45, 2.75) is 39.2 Å². The number of para-hydroxylation sites is 2. The molecule has 0 aliphatic heterocycles. The third kappa shape index (κ3) is 3.42. The summed E-state index contributed by atoms with van der Waals surface area (Å²) in [5, 5.41) is 0. The monoisotopic (exact) mass is 287 g/mol. The zero-order chi connectivity index (χ0) is 15.6. The van der Waals surface area contributed by atoms with E-state index in [1.165, 1.54) is 6.07 Å². The summed E-state index contributed by atoms with van der Waals surface area (Å²) < 4.78 is 20.0. The van der Waals surface area contributed by atoms with Crippen LogP contribution in [0.3, 0.4) is 0 Å². The summed E-state index contributed by atoms with van der Waals surface area (Å²) in [6.07, 6.45) is 0. The smallest absolute Gasteiger partial charge is 0.167 e. The highest BCUT2D eigenvalue weighted by Crippen LogP contribution is 2.37. The molecule has 0 aromatic heterocycles. The van der Waals surface area contributed by atoms with Crippen LogP contribution >= 0.6 is 0 Å². The molecular formula is C18H22FNO. The second kappa shape index (κ2) is 5.86. The molecule has 0 heterocycles. The van der Waals surface area contributed by atoms with Crippen molar-refractivity contribution in [3.8, 4) is 11.5 Å². The van der Waals surface area contributed by atoms with Crippen LogP contribution in [0.1, 0.15) is 44.9 Å². The molecule has 0 bridgehead atoms. The number of hydrogen-bond acceptors (Lipinski definition) is 2. The summed E-state index contributed by atoms with van der Waals surface area (Å²) in [5.74, 6) is 0.481. The van der Waals surface area contributed by atoms with Gasteiger partial charge in [0.25, 0.3) is 0 Å². The fourth-order valence-electron chi connectivity index (χ4n) is 2.28. The van der Waals surface area contributed by atoms with Crippen LogP contribution in [0, 0.1) is 5.82 Å². The van der Waals surface area contributed by atoms with Crippen molar-refractivity contribution in [2.24, 2.45) is 5.73 Å². The van der Waals surface area contributed by atoms with Crippen LogP contribution in [-0.2, 0) is 5.41 Å². The molecule has 0 radical (unpaired) electrons. The Morgan fingerprint density at radius 2 is 1.71 bits per heavy atom. The van der Waals surface area contributed by atoms with Gasteiger partial charge in [0.15, 0.2) is 11.6 Å². The van der Waals surface area contributed by atoms with Crippen molar-refractivity contribution in [3.05, 3.63) is 59.4 Å². The van der Waals surface area contributed by atoms with Crippen molar-refractivity contribution in [1.29, 1.82) is 0 Å². The van der Waals surface area contributed by atoms with E-state index in [1.807, 2.05) is 31.2 Å². The number of benzene rings is 2. The molecule has 0 aliphatic carbocycles. The van der Waals surface area contributed by atoms with Gasteiger partial charge in [0.2, 0.25) is 0 Å². The van der Waals surface area contributed by atoms with Crippen molar-refractivity contribution in [2.75, 3.05) is 0 Å². The third-order valence-corrected chi connectivity index (χ3v) is 3.40. The molecule has 0 spiro atoms. The summed E-state index contributed by atoms with van der Waals surface area (Å²) in [6.45, 7) is 8.12. The largest absolute Gasteiger partial charge is 0.454 e. The molecule has 0 aliphatic rings. The van der Waals surface area contributed by atoms with Crippen LogP contribution in [0.4, 0.5) is 4.39 Å². The Balaban J connectivity index is 2.49. The Kier molecular flexibility index (Phi) is 4.33. The van der Waals surface area contributed by atoms with Crippen molar-refractivity contribution < 1.29 is 9.13 Å². The maximum atomic E-state index is 14.1. The van der Waals surface area contributed by atoms with E-state index in [9.17, 15) is 4.39 Å². The van der Waals surface area contributed by atoms with Crippen molar-refractivity contribution in [1.82, 2.24) is 0 Å². The predicted octanol–water partition coefficient (Wildman–Crippen LogP) is 4.94. The van der Waals surface area contributed by atoms with Gasteiger partial charge in [-0.15, -0.1) is 0 Å². The lowest BCUT2D eigenvalue weighted by Crippen LogP contribution is -2.13. The van der Waals surface area contributed by atoms with Gasteiger partial charge in [-0.25, -0.2) is 4.39 Å². The molecule has 0 fully saturated rings. The first kappa shape index (κ1) is 15.5. The molecule has 112 valence electrons. The number of hydrogen-bond donors (Lipinski definition) is 1. The number of nitrogens with two attached hydrogens (primary N) is 1. The third-order valence-electron chi connectivity index (χ3n) is 3.40. The number of rotatable bonds is 3. The van der Waals surface area contributed by atoms with Gasteiger partial charge in [-0.2, -0.15) is 0 Å². The van der Waals surface area contributed by atoms with Crippen LogP contribution in [0.15, 0.2) is 42.5 Å². The second-order valence-electron chi connectivity index (χ2n) is 6.30. The molecule has 0 saturated heterocycles. The van der Waals surface area contributed by atoms with Gasteiger partial charge in [0, 0.05) is 17.2 Å². The lowest BCUT2D eigenvalue weighted by atomic mass is 9.86. The summed E-state index contributed by atoms with van der Waals surface area (Å²) in [4.78, 5) is 0. The van der Waals surface area contributed by atoms with Crippen LogP contribution in [0.5, 0.6) is 11.5 Å². The highest BCUT2D eigenvalue weighted by atomic mass is 19.1. The van der Waals surface area contributed by atoms with Gasteiger partial charge in [-0.1, -0.05) is 51.1 Å². The molecule has 2 N–H and O–H groups in total. The van der Waals surface area contributed by atoms with E-state index in [4.69, 9.17) is 10.5 Å². The summed E-state index contributed by atoms with van der Waals surface area (Å²) in [5.41, 5.74) is 7.52. The lowest BCUT2D eigenvalue weighted by molar-refractivity contribution is 0.417. The van der Waals surface area contributed by atoms with Gasteiger partial charge in [0.05, 0.1) is 0 Å². The predicted molar refractivity (Wildman–Crippen MR) is 84.2 cm³/mol. The number of halogens is 1. The highest BCUT2D eigenvalue weighted by molar-refractivity contribution is 5.45. The lowest BCUT2D eigenvalue weighted by Gasteiger charge is -2.23. The Hall–Kier alpha value is -1.87. The van der Waals surface area contributed by atoms with Gasteiger partial charge in [0.1, 0.15) is 5.75 Å². The minimum atomic E-state index is -0.395. The first-order valence-corrected chi connectivity index (χ1v) is 7.12. The van der Waals surface area contributed by atoms with E-state index in [1.54, 1.807) is 12.1 Å². The first-order valence-electron chi connectivity index (χ1n) is 7.12. The molecule has 2 nitrogen and oxygen atoms in total. The maximum Gasteiger partial charge on any atom is 0.167 e.